The van der Waals surface area contributed by atoms with E-state index in [1.807, 2.05) is 18.2 Å². The lowest BCUT2D eigenvalue weighted by atomic mass is 9.95. The normalized spacial score (nSPS) is 22.7. The largest absolute Gasteiger partial charge is 0.399 e. The second-order valence-corrected chi connectivity index (χ2v) is 6.30. The van der Waals surface area contributed by atoms with Crippen LogP contribution in [-0.2, 0) is 0 Å². The van der Waals surface area contributed by atoms with Crippen LogP contribution in [0.4, 0.5) is 11.4 Å². The van der Waals surface area contributed by atoms with Crippen molar-refractivity contribution in [2.45, 2.75) is 44.6 Å². The van der Waals surface area contributed by atoms with Crippen molar-refractivity contribution in [3.05, 3.63) is 23.8 Å². The molecular formula is C17H25N3O. The second kappa shape index (κ2) is 5.96. The molecule has 1 saturated carbocycles. The molecule has 0 radical (unpaired) electrons. The smallest absolute Gasteiger partial charge is 0.253 e. The Morgan fingerprint density at radius 3 is 2.71 bits per heavy atom. The summed E-state index contributed by atoms with van der Waals surface area (Å²) in [6.07, 6.45) is 7.83. The van der Waals surface area contributed by atoms with Crippen molar-refractivity contribution < 1.29 is 4.79 Å². The van der Waals surface area contributed by atoms with Crippen molar-refractivity contribution >= 4 is 17.3 Å². The molecule has 3 rings (SSSR count). The molecule has 1 heterocycles. The molecule has 1 aliphatic heterocycles. The van der Waals surface area contributed by atoms with E-state index in [1.165, 1.54) is 38.5 Å². The number of nitrogens with zero attached hydrogens (tertiary/aromatic N) is 1. The molecular weight excluding hydrogens is 262 g/mol. The van der Waals surface area contributed by atoms with Crippen LogP contribution in [-0.4, -0.2) is 25.5 Å². The molecule has 0 bridgehead atoms. The molecule has 4 heteroatoms. The van der Waals surface area contributed by atoms with Crippen molar-refractivity contribution in [1.29, 1.82) is 0 Å². The van der Waals surface area contributed by atoms with Crippen LogP contribution < -0.4 is 16.0 Å². The lowest BCUT2D eigenvalue weighted by molar-refractivity contribution is 0.0963. The molecule has 1 unspecified atom stereocenters. The third-order valence-corrected chi connectivity index (χ3v) is 5.05. The molecule has 1 atom stereocenters. The topological polar surface area (TPSA) is 58.4 Å². The SMILES string of the molecule is CNC(=O)c1ccc(N)cc1N1CCCC1C1CCCC1. The van der Waals surface area contributed by atoms with E-state index in [1.54, 1.807) is 7.05 Å². The molecule has 0 aromatic heterocycles. The van der Waals surface area contributed by atoms with Gasteiger partial charge in [-0.3, -0.25) is 4.79 Å². The summed E-state index contributed by atoms with van der Waals surface area (Å²) in [5.41, 5.74) is 8.47. The summed E-state index contributed by atoms with van der Waals surface area (Å²) in [6, 6.07) is 6.22. The molecule has 1 aromatic carbocycles. The Hall–Kier alpha value is -1.71. The van der Waals surface area contributed by atoms with Gasteiger partial charge in [0.05, 0.1) is 11.3 Å². The summed E-state index contributed by atoms with van der Waals surface area (Å²) in [7, 11) is 1.68. The number of hydrogen-bond donors (Lipinski definition) is 2. The van der Waals surface area contributed by atoms with Gasteiger partial charge in [0.15, 0.2) is 0 Å². The lowest BCUT2D eigenvalue weighted by Gasteiger charge is -2.32. The number of nitrogens with one attached hydrogen (secondary N) is 1. The van der Waals surface area contributed by atoms with Gasteiger partial charge >= 0.3 is 0 Å². The van der Waals surface area contributed by atoms with E-state index < -0.39 is 0 Å². The summed E-state index contributed by atoms with van der Waals surface area (Å²) in [5, 5.41) is 2.74. The average Bonchev–Trinajstić information content (AvgIpc) is 3.16. The Morgan fingerprint density at radius 2 is 2.00 bits per heavy atom. The van der Waals surface area contributed by atoms with Crippen LogP contribution in [0.5, 0.6) is 0 Å². The van der Waals surface area contributed by atoms with Crippen LogP contribution in [0, 0.1) is 5.92 Å². The van der Waals surface area contributed by atoms with Gasteiger partial charge in [-0.2, -0.15) is 0 Å². The number of carbonyl (C=O) groups is 1. The fourth-order valence-corrected chi connectivity index (χ4v) is 4.04. The zero-order chi connectivity index (χ0) is 14.8. The van der Waals surface area contributed by atoms with Crippen molar-refractivity contribution in [3.8, 4) is 0 Å². The van der Waals surface area contributed by atoms with Gasteiger partial charge in [0.1, 0.15) is 0 Å². The Morgan fingerprint density at radius 1 is 1.24 bits per heavy atom. The van der Waals surface area contributed by atoms with Gasteiger partial charge in [0, 0.05) is 25.3 Å². The number of nitrogens with two attached hydrogens (primary N) is 1. The first-order valence-corrected chi connectivity index (χ1v) is 8.09. The minimum absolute atomic E-state index is 0.0259. The Labute approximate surface area is 126 Å². The fourth-order valence-electron chi connectivity index (χ4n) is 4.04. The Bertz CT molecular complexity index is 523. The highest BCUT2D eigenvalue weighted by atomic mass is 16.1. The number of nitrogen functional groups attached to an aromatic ring is 1. The van der Waals surface area contributed by atoms with E-state index >= 15 is 0 Å². The fraction of sp³-hybridized carbons (Fsp3) is 0.588. The van der Waals surface area contributed by atoms with E-state index in [2.05, 4.69) is 10.2 Å². The first kappa shape index (κ1) is 14.2. The number of anilines is 2. The van der Waals surface area contributed by atoms with Crippen LogP contribution >= 0.6 is 0 Å². The second-order valence-electron chi connectivity index (χ2n) is 6.30. The van der Waals surface area contributed by atoms with Gasteiger partial charge in [-0.15, -0.1) is 0 Å². The van der Waals surface area contributed by atoms with Gasteiger partial charge in [0.25, 0.3) is 5.91 Å². The summed E-state index contributed by atoms with van der Waals surface area (Å²) in [6.45, 7) is 1.04. The van der Waals surface area contributed by atoms with E-state index in [9.17, 15) is 4.79 Å². The molecule has 4 nitrogen and oxygen atoms in total. The summed E-state index contributed by atoms with van der Waals surface area (Å²) < 4.78 is 0. The highest BCUT2D eigenvalue weighted by Gasteiger charge is 2.34. The number of benzene rings is 1. The highest BCUT2D eigenvalue weighted by Crippen LogP contribution is 2.39. The molecule has 2 aliphatic rings. The van der Waals surface area contributed by atoms with E-state index in [0.29, 0.717) is 6.04 Å². The minimum atomic E-state index is -0.0259. The predicted molar refractivity (Wildman–Crippen MR) is 86.6 cm³/mol. The first-order chi connectivity index (χ1) is 10.2. The average molecular weight is 287 g/mol. The third-order valence-electron chi connectivity index (χ3n) is 5.05. The Kier molecular flexibility index (Phi) is 4.04. The number of rotatable bonds is 3. The molecule has 0 spiro atoms. The molecule has 1 amide bonds. The molecule has 1 aromatic rings. The lowest BCUT2D eigenvalue weighted by Crippen LogP contribution is -2.36. The molecule has 2 fully saturated rings. The van der Waals surface area contributed by atoms with Crippen molar-refractivity contribution in [3.63, 3.8) is 0 Å². The molecule has 1 aliphatic carbocycles. The molecule has 3 N–H and O–H groups in total. The van der Waals surface area contributed by atoms with Crippen molar-refractivity contribution in [1.82, 2.24) is 5.32 Å². The molecule has 21 heavy (non-hydrogen) atoms. The monoisotopic (exact) mass is 287 g/mol. The van der Waals surface area contributed by atoms with Gasteiger partial charge in [-0.1, -0.05) is 12.8 Å². The van der Waals surface area contributed by atoms with E-state index in [0.717, 1.165) is 29.4 Å². The van der Waals surface area contributed by atoms with Gasteiger partial charge in [-0.05, 0) is 49.8 Å². The quantitative estimate of drug-likeness (QED) is 0.840. The van der Waals surface area contributed by atoms with Gasteiger partial charge < -0.3 is 16.0 Å². The molecule has 1 saturated heterocycles. The summed E-state index contributed by atoms with van der Waals surface area (Å²) in [4.78, 5) is 14.6. The van der Waals surface area contributed by atoms with E-state index in [4.69, 9.17) is 5.73 Å². The predicted octanol–water partition coefficient (Wildman–Crippen LogP) is 2.79. The maximum absolute atomic E-state index is 12.2. The van der Waals surface area contributed by atoms with Crippen LogP contribution in [0.1, 0.15) is 48.9 Å². The van der Waals surface area contributed by atoms with Crippen LogP contribution in [0.3, 0.4) is 0 Å². The van der Waals surface area contributed by atoms with Crippen molar-refractivity contribution in [2.75, 3.05) is 24.2 Å². The minimum Gasteiger partial charge on any atom is -0.399 e. The van der Waals surface area contributed by atoms with Gasteiger partial charge in [0.2, 0.25) is 0 Å². The number of amides is 1. The van der Waals surface area contributed by atoms with Crippen molar-refractivity contribution in [2.24, 2.45) is 5.92 Å². The van der Waals surface area contributed by atoms with Crippen LogP contribution in [0.25, 0.3) is 0 Å². The highest BCUT2D eigenvalue weighted by molar-refractivity contribution is 6.00. The Balaban J connectivity index is 1.94. The first-order valence-electron chi connectivity index (χ1n) is 8.09. The summed E-state index contributed by atoms with van der Waals surface area (Å²) in [5.74, 6) is 0.758. The maximum Gasteiger partial charge on any atom is 0.253 e. The number of carbonyl (C=O) groups excluding carboxylic acids is 1. The van der Waals surface area contributed by atoms with Gasteiger partial charge in [-0.25, -0.2) is 0 Å². The number of hydrogen-bond acceptors (Lipinski definition) is 3. The van der Waals surface area contributed by atoms with Crippen LogP contribution in [0.2, 0.25) is 0 Å². The zero-order valence-corrected chi connectivity index (χ0v) is 12.8. The van der Waals surface area contributed by atoms with E-state index in [-0.39, 0.29) is 5.91 Å². The summed E-state index contributed by atoms with van der Waals surface area (Å²) >= 11 is 0. The van der Waals surface area contributed by atoms with Crippen LogP contribution in [0.15, 0.2) is 18.2 Å². The third kappa shape index (κ3) is 2.71. The maximum atomic E-state index is 12.2. The standard InChI is InChI=1S/C17H25N3O/c1-19-17(21)14-9-8-13(18)11-16(14)20-10-4-7-15(20)12-5-2-3-6-12/h8-9,11-12,15H,2-7,10,18H2,1H3,(H,19,21). The zero-order valence-electron chi connectivity index (χ0n) is 12.8. The molecule has 114 valence electrons.